The zero-order valence-corrected chi connectivity index (χ0v) is 11.3. The predicted octanol–water partition coefficient (Wildman–Crippen LogP) is 3.25. The third kappa shape index (κ3) is 2.21. The van der Waals surface area contributed by atoms with Crippen molar-refractivity contribution in [1.29, 1.82) is 0 Å². The van der Waals surface area contributed by atoms with Crippen molar-refractivity contribution >= 4 is 5.78 Å². The Morgan fingerprint density at radius 1 is 1.17 bits per heavy atom. The topological polar surface area (TPSA) is 34.9 Å². The second-order valence-electron chi connectivity index (χ2n) is 4.73. The molecule has 2 aromatic rings. The number of aryl methyl sites for hydroxylation is 2. The third-order valence-corrected chi connectivity index (χ3v) is 3.42. The van der Waals surface area contributed by atoms with Gasteiger partial charge in [-0.05, 0) is 27.7 Å². The fraction of sp³-hybridized carbons (Fsp3) is 0.333. The number of Topliss-reactive ketones (excluding diaryl/α,β-unsaturated/α-hetero) is 1. The normalized spacial score (nSPS) is 12.4. The van der Waals surface area contributed by atoms with Crippen LogP contribution in [0.1, 0.15) is 40.3 Å². The van der Waals surface area contributed by atoms with E-state index in [1.807, 2.05) is 56.5 Å². The molecular formula is C15H18N2O. The van der Waals surface area contributed by atoms with E-state index in [1.54, 1.807) is 6.33 Å². The van der Waals surface area contributed by atoms with Gasteiger partial charge in [0, 0.05) is 11.3 Å². The van der Waals surface area contributed by atoms with Crippen LogP contribution in [0.3, 0.4) is 0 Å². The van der Waals surface area contributed by atoms with Crippen LogP contribution in [-0.2, 0) is 0 Å². The Balaban J connectivity index is 2.29. The van der Waals surface area contributed by atoms with Gasteiger partial charge in [-0.1, -0.05) is 29.8 Å². The summed E-state index contributed by atoms with van der Waals surface area (Å²) in [6, 6.07) is 7.48. The minimum absolute atomic E-state index is 0.121. The fourth-order valence-corrected chi connectivity index (χ4v) is 1.99. The third-order valence-electron chi connectivity index (χ3n) is 3.42. The van der Waals surface area contributed by atoms with Crippen molar-refractivity contribution in [2.75, 3.05) is 0 Å². The Kier molecular flexibility index (Phi) is 3.32. The highest BCUT2D eigenvalue weighted by Gasteiger charge is 2.18. The molecule has 0 fully saturated rings. The van der Waals surface area contributed by atoms with Crippen LogP contribution in [-0.4, -0.2) is 15.3 Å². The van der Waals surface area contributed by atoms with Crippen LogP contribution in [0.25, 0.3) is 0 Å². The van der Waals surface area contributed by atoms with Crippen LogP contribution in [0.2, 0.25) is 0 Å². The fourth-order valence-electron chi connectivity index (χ4n) is 1.99. The Morgan fingerprint density at radius 2 is 1.78 bits per heavy atom. The highest BCUT2D eigenvalue weighted by molar-refractivity contribution is 5.98. The number of carbonyl (C=O) groups excluding carboxylic acids is 1. The van der Waals surface area contributed by atoms with Crippen LogP contribution in [0.4, 0.5) is 0 Å². The zero-order valence-electron chi connectivity index (χ0n) is 11.3. The highest BCUT2D eigenvalue weighted by atomic mass is 16.1. The van der Waals surface area contributed by atoms with E-state index in [-0.39, 0.29) is 11.8 Å². The Bertz CT molecular complexity index is 567. The molecule has 1 aromatic heterocycles. The molecule has 0 aliphatic rings. The summed E-state index contributed by atoms with van der Waals surface area (Å²) >= 11 is 0. The van der Waals surface area contributed by atoms with Gasteiger partial charge in [0.1, 0.15) is 0 Å². The smallest absolute Gasteiger partial charge is 0.185 e. The maximum Gasteiger partial charge on any atom is 0.185 e. The molecule has 0 saturated carbocycles. The number of imidazole rings is 1. The Hall–Kier alpha value is -1.90. The van der Waals surface area contributed by atoms with Gasteiger partial charge in [0.25, 0.3) is 0 Å². The van der Waals surface area contributed by atoms with Gasteiger partial charge in [-0.25, -0.2) is 4.98 Å². The van der Waals surface area contributed by atoms with E-state index in [1.165, 1.54) is 0 Å². The largest absolute Gasteiger partial charge is 0.324 e. The number of benzene rings is 1. The quantitative estimate of drug-likeness (QED) is 0.774. The van der Waals surface area contributed by atoms with Crippen LogP contribution in [0, 0.1) is 20.8 Å². The average Bonchev–Trinajstić information content (AvgIpc) is 2.69. The lowest BCUT2D eigenvalue weighted by Crippen LogP contribution is -2.17. The van der Waals surface area contributed by atoms with Crippen molar-refractivity contribution in [1.82, 2.24) is 9.55 Å². The predicted molar refractivity (Wildman–Crippen MR) is 71.9 cm³/mol. The summed E-state index contributed by atoms with van der Waals surface area (Å²) < 4.78 is 1.93. The molecule has 94 valence electrons. The number of hydrogen-bond donors (Lipinski definition) is 0. The Morgan fingerprint density at radius 3 is 2.28 bits per heavy atom. The van der Waals surface area contributed by atoms with E-state index in [0.29, 0.717) is 0 Å². The minimum Gasteiger partial charge on any atom is -0.324 e. The number of rotatable bonds is 3. The van der Waals surface area contributed by atoms with Crippen LogP contribution in [0.15, 0.2) is 30.6 Å². The summed E-state index contributed by atoms with van der Waals surface area (Å²) in [6.45, 7) is 7.87. The monoisotopic (exact) mass is 242 g/mol. The van der Waals surface area contributed by atoms with Crippen LogP contribution >= 0.6 is 0 Å². The van der Waals surface area contributed by atoms with E-state index in [2.05, 4.69) is 4.98 Å². The number of ketones is 1. The van der Waals surface area contributed by atoms with E-state index >= 15 is 0 Å². The second-order valence-corrected chi connectivity index (χ2v) is 4.73. The van der Waals surface area contributed by atoms with Gasteiger partial charge in [0.15, 0.2) is 5.78 Å². The van der Waals surface area contributed by atoms with Crippen LogP contribution < -0.4 is 0 Å². The molecule has 18 heavy (non-hydrogen) atoms. The first-order chi connectivity index (χ1) is 8.50. The summed E-state index contributed by atoms with van der Waals surface area (Å²) in [5, 5.41) is 0. The van der Waals surface area contributed by atoms with E-state index < -0.39 is 0 Å². The molecule has 1 unspecified atom stereocenters. The molecular weight excluding hydrogens is 224 g/mol. The van der Waals surface area contributed by atoms with Crippen molar-refractivity contribution in [3.05, 3.63) is 53.1 Å². The molecule has 0 aliphatic heterocycles. The SMILES string of the molecule is Cc1ccc(C(=O)C(C)n2cnc(C)c2C)cc1. The number of hydrogen-bond acceptors (Lipinski definition) is 2. The summed E-state index contributed by atoms with van der Waals surface area (Å²) in [4.78, 5) is 16.6. The molecule has 2 rings (SSSR count). The van der Waals surface area contributed by atoms with Crippen molar-refractivity contribution in [2.24, 2.45) is 0 Å². The number of aromatic nitrogens is 2. The summed E-state index contributed by atoms with van der Waals surface area (Å²) in [6.07, 6.45) is 1.74. The zero-order chi connectivity index (χ0) is 13.3. The van der Waals surface area contributed by atoms with E-state index in [9.17, 15) is 4.79 Å². The maximum atomic E-state index is 12.4. The van der Waals surface area contributed by atoms with Crippen molar-refractivity contribution in [2.45, 2.75) is 33.7 Å². The molecule has 1 heterocycles. The number of carbonyl (C=O) groups is 1. The minimum atomic E-state index is -0.214. The summed E-state index contributed by atoms with van der Waals surface area (Å²) in [5.74, 6) is 0.121. The molecule has 0 radical (unpaired) electrons. The first-order valence-electron chi connectivity index (χ1n) is 6.11. The van der Waals surface area contributed by atoms with Crippen molar-refractivity contribution in [3.8, 4) is 0 Å². The molecule has 3 heteroatoms. The van der Waals surface area contributed by atoms with Gasteiger partial charge in [-0.15, -0.1) is 0 Å². The standard InChI is InChI=1S/C15H18N2O/c1-10-5-7-14(8-6-10)15(18)13(4)17-9-16-11(2)12(17)3/h5-9,13H,1-4H3. The molecule has 0 aliphatic carbocycles. The number of nitrogens with zero attached hydrogens (tertiary/aromatic N) is 2. The summed E-state index contributed by atoms with van der Waals surface area (Å²) in [5.41, 5.74) is 3.93. The lowest BCUT2D eigenvalue weighted by atomic mass is 10.0. The first-order valence-corrected chi connectivity index (χ1v) is 6.11. The Labute approximate surface area is 107 Å². The van der Waals surface area contributed by atoms with Crippen molar-refractivity contribution < 1.29 is 4.79 Å². The van der Waals surface area contributed by atoms with Gasteiger partial charge in [-0.2, -0.15) is 0 Å². The lowest BCUT2D eigenvalue weighted by Gasteiger charge is -2.14. The molecule has 0 amide bonds. The van der Waals surface area contributed by atoms with Gasteiger partial charge >= 0.3 is 0 Å². The van der Waals surface area contributed by atoms with E-state index in [4.69, 9.17) is 0 Å². The molecule has 0 bridgehead atoms. The first kappa shape index (κ1) is 12.6. The van der Waals surface area contributed by atoms with Crippen molar-refractivity contribution in [3.63, 3.8) is 0 Å². The lowest BCUT2D eigenvalue weighted by molar-refractivity contribution is 0.0933. The van der Waals surface area contributed by atoms with Gasteiger partial charge < -0.3 is 4.57 Å². The van der Waals surface area contributed by atoms with Gasteiger partial charge in [-0.3, -0.25) is 4.79 Å². The molecule has 0 spiro atoms. The molecule has 0 saturated heterocycles. The highest BCUT2D eigenvalue weighted by Crippen LogP contribution is 2.18. The molecule has 1 aromatic carbocycles. The average molecular weight is 242 g/mol. The second kappa shape index (κ2) is 4.77. The maximum absolute atomic E-state index is 12.4. The molecule has 3 nitrogen and oxygen atoms in total. The molecule has 1 atom stereocenters. The van der Waals surface area contributed by atoms with Gasteiger partial charge in [0.05, 0.1) is 18.1 Å². The summed E-state index contributed by atoms with van der Waals surface area (Å²) in [7, 11) is 0. The van der Waals surface area contributed by atoms with Crippen LogP contribution in [0.5, 0.6) is 0 Å². The molecule has 0 N–H and O–H groups in total. The van der Waals surface area contributed by atoms with E-state index in [0.717, 1.165) is 22.5 Å². The van der Waals surface area contributed by atoms with Gasteiger partial charge in [0.2, 0.25) is 0 Å².